The normalized spacial score (nSPS) is 34.1. The number of benzene rings is 1. The lowest BCUT2D eigenvalue weighted by atomic mass is 9.52. The number of fused-ring (bicyclic) bond motifs is 1. The van der Waals surface area contributed by atoms with Crippen LogP contribution in [0.1, 0.15) is 56.1 Å². The van der Waals surface area contributed by atoms with Crippen molar-refractivity contribution in [3.8, 4) is 0 Å². The van der Waals surface area contributed by atoms with Crippen LogP contribution in [0.15, 0.2) is 18.2 Å². The van der Waals surface area contributed by atoms with Gasteiger partial charge < -0.3 is 11.1 Å². The Morgan fingerprint density at radius 2 is 2.12 bits per heavy atom. The zero-order valence-corrected chi connectivity index (χ0v) is 15.0. The summed E-state index contributed by atoms with van der Waals surface area (Å²) >= 11 is 0. The molecule has 25 heavy (non-hydrogen) atoms. The Balaban J connectivity index is 1.54. The Morgan fingerprint density at radius 1 is 1.24 bits per heavy atom. The highest BCUT2D eigenvalue weighted by molar-refractivity contribution is 5.88. The second kappa shape index (κ2) is 5.73. The van der Waals surface area contributed by atoms with Gasteiger partial charge in [-0.1, -0.05) is 18.9 Å². The number of anilines is 1. The van der Waals surface area contributed by atoms with Crippen LogP contribution in [-0.4, -0.2) is 30.1 Å². The smallest absolute Gasteiger partial charge is 0.316 e. The molecule has 3 N–H and O–H groups in total. The van der Waals surface area contributed by atoms with Gasteiger partial charge in [-0.25, -0.2) is 4.79 Å². The molecule has 5 rings (SSSR count). The maximum atomic E-state index is 11.3. The Bertz CT molecular complexity index is 698. The van der Waals surface area contributed by atoms with E-state index in [4.69, 9.17) is 5.73 Å². The summed E-state index contributed by atoms with van der Waals surface area (Å²) in [5.41, 5.74) is 9.58. The van der Waals surface area contributed by atoms with Gasteiger partial charge in [-0.2, -0.15) is 0 Å². The minimum absolute atomic E-state index is 0.339. The fourth-order valence-electron chi connectivity index (χ4n) is 6.16. The molecular formula is C21H29N3O. The van der Waals surface area contributed by atoms with E-state index >= 15 is 0 Å². The largest absolute Gasteiger partial charge is 0.351 e. The number of likely N-dealkylation sites (tertiary alicyclic amines) is 1. The van der Waals surface area contributed by atoms with Gasteiger partial charge in [0, 0.05) is 23.7 Å². The summed E-state index contributed by atoms with van der Waals surface area (Å²) < 4.78 is 0. The van der Waals surface area contributed by atoms with Crippen molar-refractivity contribution in [2.45, 2.75) is 62.8 Å². The molecule has 134 valence electrons. The third-order valence-electron chi connectivity index (χ3n) is 7.41. The summed E-state index contributed by atoms with van der Waals surface area (Å²) in [6.45, 7) is 2.58. The van der Waals surface area contributed by atoms with Crippen molar-refractivity contribution in [3.05, 3.63) is 29.3 Å². The number of nitrogens with two attached hydrogens (primary N) is 1. The first-order chi connectivity index (χ1) is 12.2. The molecule has 3 unspecified atom stereocenters. The van der Waals surface area contributed by atoms with Crippen molar-refractivity contribution in [1.29, 1.82) is 0 Å². The Kier molecular flexibility index (Phi) is 3.60. The van der Waals surface area contributed by atoms with Crippen molar-refractivity contribution in [1.82, 2.24) is 4.90 Å². The van der Waals surface area contributed by atoms with Crippen LogP contribution < -0.4 is 11.1 Å². The highest BCUT2D eigenvalue weighted by atomic mass is 16.2. The van der Waals surface area contributed by atoms with E-state index in [1.807, 2.05) is 6.07 Å². The molecule has 2 amide bonds. The number of urea groups is 1. The maximum Gasteiger partial charge on any atom is 0.316 e. The van der Waals surface area contributed by atoms with E-state index in [-0.39, 0.29) is 0 Å². The van der Waals surface area contributed by atoms with Gasteiger partial charge >= 0.3 is 6.03 Å². The number of carbonyl (C=O) groups is 1. The third-order valence-corrected chi connectivity index (χ3v) is 7.41. The molecular weight excluding hydrogens is 310 g/mol. The van der Waals surface area contributed by atoms with Crippen LogP contribution in [0.2, 0.25) is 0 Å². The highest BCUT2D eigenvalue weighted by Gasteiger charge is 2.54. The SMILES string of the molecule is NC(=O)Nc1ccc2c(c1)C13CCCCC1C(C2)N(CC1CC1)CC3. The molecule has 3 atom stereocenters. The van der Waals surface area contributed by atoms with Gasteiger partial charge in [0.1, 0.15) is 0 Å². The van der Waals surface area contributed by atoms with Crippen LogP contribution in [0.3, 0.4) is 0 Å². The summed E-state index contributed by atoms with van der Waals surface area (Å²) in [5, 5.41) is 2.79. The lowest BCUT2D eigenvalue weighted by Gasteiger charge is -2.59. The lowest BCUT2D eigenvalue weighted by Crippen LogP contribution is -2.61. The first-order valence-corrected chi connectivity index (χ1v) is 10.1. The minimum Gasteiger partial charge on any atom is -0.351 e. The molecule has 1 aliphatic heterocycles. The molecule has 0 aromatic heterocycles. The zero-order chi connectivity index (χ0) is 17.0. The number of nitrogens with zero attached hydrogens (tertiary/aromatic N) is 1. The fraction of sp³-hybridized carbons (Fsp3) is 0.667. The average Bonchev–Trinajstić information content (AvgIpc) is 3.41. The van der Waals surface area contributed by atoms with E-state index in [1.54, 1.807) is 0 Å². The Hall–Kier alpha value is -1.55. The van der Waals surface area contributed by atoms with E-state index in [1.165, 1.54) is 75.6 Å². The second-order valence-electron chi connectivity index (χ2n) is 8.83. The molecule has 2 saturated carbocycles. The van der Waals surface area contributed by atoms with Gasteiger partial charge in [-0.3, -0.25) is 4.90 Å². The molecule has 3 aliphatic carbocycles. The van der Waals surface area contributed by atoms with E-state index in [9.17, 15) is 4.79 Å². The van der Waals surface area contributed by atoms with Crippen molar-refractivity contribution in [2.24, 2.45) is 17.6 Å². The van der Waals surface area contributed by atoms with Gasteiger partial charge in [0.2, 0.25) is 0 Å². The van der Waals surface area contributed by atoms with Gasteiger partial charge in [0.05, 0.1) is 0 Å². The molecule has 2 bridgehead atoms. The Labute approximate surface area is 150 Å². The van der Waals surface area contributed by atoms with E-state index in [0.29, 0.717) is 5.41 Å². The van der Waals surface area contributed by atoms with Crippen molar-refractivity contribution < 1.29 is 4.79 Å². The van der Waals surface area contributed by atoms with Crippen LogP contribution in [0, 0.1) is 11.8 Å². The quantitative estimate of drug-likeness (QED) is 0.883. The molecule has 1 heterocycles. The van der Waals surface area contributed by atoms with Crippen molar-refractivity contribution >= 4 is 11.7 Å². The monoisotopic (exact) mass is 339 g/mol. The first-order valence-electron chi connectivity index (χ1n) is 10.1. The maximum absolute atomic E-state index is 11.3. The van der Waals surface area contributed by atoms with Crippen LogP contribution in [-0.2, 0) is 11.8 Å². The number of primary amides is 1. The minimum atomic E-state index is -0.467. The second-order valence-corrected chi connectivity index (χ2v) is 8.83. The van der Waals surface area contributed by atoms with Crippen LogP contribution in [0.4, 0.5) is 10.5 Å². The summed E-state index contributed by atoms with van der Waals surface area (Å²) in [5.74, 6) is 1.77. The molecule has 0 spiro atoms. The predicted octanol–water partition coefficient (Wildman–Crippen LogP) is 3.65. The third kappa shape index (κ3) is 2.57. The number of carbonyl (C=O) groups excluding carboxylic acids is 1. The number of nitrogens with one attached hydrogen (secondary N) is 1. The number of amides is 2. The van der Waals surface area contributed by atoms with E-state index in [2.05, 4.69) is 22.3 Å². The Morgan fingerprint density at radius 3 is 2.92 bits per heavy atom. The fourth-order valence-corrected chi connectivity index (χ4v) is 6.16. The molecule has 3 fully saturated rings. The zero-order valence-electron chi connectivity index (χ0n) is 15.0. The van der Waals surface area contributed by atoms with Crippen LogP contribution in [0.5, 0.6) is 0 Å². The lowest BCUT2D eigenvalue weighted by molar-refractivity contribution is -0.0133. The molecule has 4 aliphatic rings. The summed E-state index contributed by atoms with van der Waals surface area (Å²) in [7, 11) is 0. The molecule has 4 heteroatoms. The molecule has 0 radical (unpaired) electrons. The topological polar surface area (TPSA) is 58.4 Å². The highest BCUT2D eigenvalue weighted by Crippen LogP contribution is 2.56. The molecule has 1 aromatic carbocycles. The molecule has 1 aromatic rings. The number of piperidine rings is 1. The van der Waals surface area contributed by atoms with Gasteiger partial charge in [-0.15, -0.1) is 0 Å². The predicted molar refractivity (Wildman–Crippen MR) is 99.7 cm³/mol. The van der Waals surface area contributed by atoms with Crippen molar-refractivity contribution in [3.63, 3.8) is 0 Å². The summed E-state index contributed by atoms with van der Waals surface area (Å²) in [6, 6.07) is 6.79. The standard InChI is InChI=1S/C21H29N3O/c22-20(25)23-16-7-6-15-11-19-17-3-1-2-8-21(17,18(15)12-16)9-10-24(19)13-14-4-5-14/h6-7,12,14,17,19H,1-5,8-11,13H2,(H3,22,23,25). The number of hydrogen-bond donors (Lipinski definition) is 2. The first kappa shape index (κ1) is 15.7. The molecule has 4 nitrogen and oxygen atoms in total. The van der Waals surface area contributed by atoms with E-state index in [0.717, 1.165) is 23.6 Å². The number of rotatable bonds is 3. The van der Waals surface area contributed by atoms with Gasteiger partial charge in [-0.05, 0) is 80.2 Å². The van der Waals surface area contributed by atoms with E-state index < -0.39 is 6.03 Å². The summed E-state index contributed by atoms with van der Waals surface area (Å²) in [4.78, 5) is 14.1. The average molecular weight is 339 g/mol. The summed E-state index contributed by atoms with van der Waals surface area (Å²) in [6.07, 6.45) is 10.8. The van der Waals surface area contributed by atoms with Gasteiger partial charge in [0.25, 0.3) is 0 Å². The van der Waals surface area contributed by atoms with Gasteiger partial charge in [0.15, 0.2) is 0 Å². The van der Waals surface area contributed by atoms with Crippen molar-refractivity contribution in [2.75, 3.05) is 18.4 Å². The molecule has 1 saturated heterocycles. The number of hydrogen-bond acceptors (Lipinski definition) is 2. The van der Waals surface area contributed by atoms with Crippen LogP contribution >= 0.6 is 0 Å². The van der Waals surface area contributed by atoms with Crippen LogP contribution in [0.25, 0.3) is 0 Å².